The minimum absolute atomic E-state index is 0.153. The summed E-state index contributed by atoms with van der Waals surface area (Å²) >= 11 is 0. The Bertz CT molecular complexity index is 227. The normalized spacial score (nSPS) is 26.2. The van der Waals surface area contributed by atoms with E-state index in [1.165, 1.54) is 0 Å². The second-order valence-electron chi connectivity index (χ2n) is 4.23. The molecule has 0 saturated heterocycles. The summed E-state index contributed by atoms with van der Waals surface area (Å²) in [6, 6.07) is 0. The van der Waals surface area contributed by atoms with Crippen LogP contribution in [0, 0.1) is 5.92 Å². The summed E-state index contributed by atoms with van der Waals surface area (Å²) in [4.78, 5) is 10.7. The van der Waals surface area contributed by atoms with E-state index in [1.54, 1.807) is 0 Å². The highest BCUT2D eigenvalue weighted by Gasteiger charge is 2.26. The summed E-state index contributed by atoms with van der Waals surface area (Å²) in [5, 5.41) is 8.83. The van der Waals surface area contributed by atoms with Gasteiger partial charge in [0, 0.05) is 0 Å². The highest BCUT2D eigenvalue weighted by Crippen LogP contribution is 2.26. The molecule has 0 radical (unpaired) electrons. The molecule has 3 heteroatoms. The Kier molecular flexibility index (Phi) is 4.82. The summed E-state index contributed by atoms with van der Waals surface area (Å²) in [6.45, 7) is 6.57. The van der Waals surface area contributed by atoms with Gasteiger partial charge in [0.1, 0.15) is 0 Å². The smallest absolute Gasteiger partial charge is 0.306 e. The highest BCUT2D eigenvalue weighted by atomic mass is 16.5. The first kappa shape index (κ1) is 12.2. The fourth-order valence-electron chi connectivity index (χ4n) is 1.81. The first-order valence-corrected chi connectivity index (χ1v) is 5.64. The Hall–Kier alpha value is -0.830. The number of ether oxygens (including phenoxy) is 1. The third-order valence-corrected chi connectivity index (χ3v) is 3.05. The fourth-order valence-corrected chi connectivity index (χ4v) is 1.81. The average molecular weight is 212 g/mol. The van der Waals surface area contributed by atoms with Crippen LogP contribution in [0.2, 0.25) is 0 Å². The Morgan fingerprint density at radius 3 is 2.47 bits per heavy atom. The first-order valence-electron chi connectivity index (χ1n) is 5.64. The summed E-state index contributed by atoms with van der Waals surface area (Å²) in [5.74, 6) is -0.814. The van der Waals surface area contributed by atoms with Gasteiger partial charge in [-0.15, -0.1) is 0 Å². The van der Waals surface area contributed by atoms with E-state index in [9.17, 15) is 4.79 Å². The van der Waals surface area contributed by atoms with Gasteiger partial charge in [0.25, 0.3) is 0 Å². The molecule has 3 nitrogen and oxygen atoms in total. The first-order chi connectivity index (χ1) is 7.13. The third-order valence-electron chi connectivity index (χ3n) is 3.05. The molecule has 1 N–H and O–H groups in total. The van der Waals surface area contributed by atoms with E-state index >= 15 is 0 Å². The molecule has 1 aliphatic rings. The van der Waals surface area contributed by atoms with Crippen LogP contribution in [0.25, 0.3) is 0 Å². The lowest BCUT2D eigenvalue weighted by atomic mass is 9.87. The fraction of sp³-hybridized carbons (Fsp3) is 0.750. The monoisotopic (exact) mass is 212 g/mol. The van der Waals surface area contributed by atoms with Gasteiger partial charge in [0.05, 0.1) is 18.6 Å². The van der Waals surface area contributed by atoms with Crippen molar-refractivity contribution in [3.8, 4) is 0 Å². The van der Waals surface area contributed by atoms with Crippen LogP contribution in [0.15, 0.2) is 12.2 Å². The van der Waals surface area contributed by atoms with Crippen molar-refractivity contribution in [2.45, 2.75) is 45.1 Å². The van der Waals surface area contributed by atoms with E-state index in [4.69, 9.17) is 9.84 Å². The molecule has 0 amide bonds. The van der Waals surface area contributed by atoms with Crippen LogP contribution >= 0.6 is 0 Å². The molecule has 0 aromatic heterocycles. The highest BCUT2D eigenvalue weighted by molar-refractivity contribution is 5.70. The summed E-state index contributed by atoms with van der Waals surface area (Å²) < 4.78 is 5.67. The molecular weight excluding hydrogens is 192 g/mol. The summed E-state index contributed by atoms with van der Waals surface area (Å²) in [6.07, 6.45) is 4.42. The van der Waals surface area contributed by atoms with Crippen LogP contribution in [0.1, 0.15) is 39.0 Å². The molecule has 0 spiro atoms. The van der Waals surface area contributed by atoms with Crippen molar-refractivity contribution in [1.29, 1.82) is 0 Å². The molecule has 0 atom stereocenters. The molecule has 1 fully saturated rings. The number of rotatable bonds is 5. The molecule has 1 saturated carbocycles. The van der Waals surface area contributed by atoms with Crippen molar-refractivity contribution in [2.24, 2.45) is 5.92 Å². The van der Waals surface area contributed by atoms with E-state index in [1.807, 2.05) is 0 Å². The molecule has 15 heavy (non-hydrogen) atoms. The van der Waals surface area contributed by atoms with Crippen molar-refractivity contribution >= 4 is 5.97 Å². The molecule has 0 unspecified atom stereocenters. The van der Waals surface area contributed by atoms with Gasteiger partial charge in [-0.2, -0.15) is 0 Å². The molecule has 0 aromatic rings. The lowest BCUT2D eigenvalue weighted by Gasteiger charge is -2.26. The quantitative estimate of drug-likeness (QED) is 0.712. The molecular formula is C12H20O3. The maximum atomic E-state index is 10.7. The van der Waals surface area contributed by atoms with Gasteiger partial charge < -0.3 is 9.84 Å². The van der Waals surface area contributed by atoms with Crippen LogP contribution < -0.4 is 0 Å². The molecule has 86 valence electrons. The minimum Gasteiger partial charge on any atom is -0.481 e. The number of carbonyl (C=O) groups is 1. The number of carboxylic acids is 1. The van der Waals surface area contributed by atoms with Crippen molar-refractivity contribution in [2.75, 3.05) is 6.61 Å². The largest absolute Gasteiger partial charge is 0.481 e. The second-order valence-corrected chi connectivity index (χ2v) is 4.23. The zero-order valence-corrected chi connectivity index (χ0v) is 9.37. The zero-order valence-electron chi connectivity index (χ0n) is 9.37. The molecule has 0 heterocycles. The van der Waals surface area contributed by atoms with Crippen LogP contribution in [0.5, 0.6) is 0 Å². The van der Waals surface area contributed by atoms with E-state index in [2.05, 4.69) is 13.5 Å². The van der Waals surface area contributed by atoms with Gasteiger partial charge in [-0.25, -0.2) is 0 Å². The Morgan fingerprint density at radius 2 is 2.00 bits per heavy atom. The Balaban J connectivity index is 2.20. The third kappa shape index (κ3) is 4.04. The molecule has 1 rings (SSSR count). The molecule has 0 aliphatic heterocycles. The maximum Gasteiger partial charge on any atom is 0.306 e. The van der Waals surface area contributed by atoms with E-state index < -0.39 is 5.97 Å². The topological polar surface area (TPSA) is 46.5 Å². The number of aliphatic carboxylic acids is 1. The Labute approximate surface area is 91.1 Å². The standard InChI is InChI=1S/C12H20O3/c1-3-9(2)8-15-11-6-4-10(5-7-11)12(13)14/h10-11H,2-8H2,1H3,(H,13,14). The SMILES string of the molecule is C=C(CC)COC1CCC(C(=O)O)CC1. The zero-order chi connectivity index (χ0) is 11.3. The van der Waals surface area contributed by atoms with Crippen LogP contribution in [-0.2, 0) is 9.53 Å². The van der Waals surface area contributed by atoms with Gasteiger partial charge in [-0.3, -0.25) is 4.79 Å². The van der Waals surface area contributed by atoms with E-state index in [-0.39, 0.29) is 12.0 Å². The van der Waals surface area contributed by atoms with Crippen molar-refractivity contribution < 1.29 is 14.6 Å². The van der Waals surface area contributed by atoms with Gasteiger partial charge in [0.2, 0.25) is 0 Å². The molecule has 0 bridgehead atoms. The van der Waals surface area contributed by atoms with Crippen molar-refractivity contribution in [3.05, 3.63) is 12.2 Å². The average Bonchev–Trinajstić information content (AvgIpc) is 2.26. The summed E-state index contributed by atoms with van der Waals surface area (Å²) in [5.41, 5.74) is 1.11. The molecule has 0 aromatic carbocycles. The maximum absolute atomic E-state index is 10.7. The minimum atomic E-state index is -0.661. The Morgan fingerprint density at radius 1 is 1.40 bits per heavy atom. The van der Waals surface area contributed by atoms with Gasteiger partial charge in [-0.05, 0) is 32.1 Å². The van der Waals surface area contributed by atoms with Gasteiger partial charge in [0.15, 0.2) is 0 Å². The van der Waals surface area contributed by atoms with Crippen LogP contribution in [0.4, 0.5) is 0 Å². The van der Waals surface area contributed by atoms with Gasteiger partial charge in [-0.1, -0.05) is 19.1 Å². The summed E-state index contributed by atoms with van der Waals surface area (Å²) in [7, 11) is 0. The molecule has 1 aliphatic carbocycles. The van der Waals surface area contributed by atoms with Crippen molar-refractivity contribution in [1.82, 2.24) is 0 Å². The van der Waals surface area contributed by atoms with Crippen molar-refractivity contribution in [3.63, 3.8) is 0 Å². The second kappa shape index (κ2) is 5.91. The van der Waals surface area contributed by atoms with E-state index in [0.717, 1.165) is 37.7 Å². The predicted molar refractivity (Wildman–Crippen MR) is 58.8 cm³/mol. The van der Waals surface area contributed by atoms with E-state index in [0.29, 0.717) is 6.61 Å². The predicted octanol–water partition coefficient (Wildman–Crippen LogP) is 2.61. The lowest BCUT2D eigenvalue weighted by Crippen LogP contribution is -2.26. The van der Waals surface area contributed by atoms with Gasteiger partial charge >= 0.3 is 5.97 Å². The number of carboxylic acid groups (broad SMARTS) is 1. The lowest BCUT2D eigenvalue weighted by molar-refractivity contribution is -0.143. The number of hydrogen-bond acceptors (Lipinski definition) is 2. The van der Waals surface area contributed by atoms with Crippen LogP contribution in [-0.4, -0.2) is 23.8 Å². The van der Waals surface area contributed by atoms with Crippen LogP contribution in [0.3, 0.4) is 0 Å². The number of hydrogen-bond donors (Lipinski definition) is 1.